The van der Waals surface area contributed by atoms with Crippen molar-refractivity contribution in [3.63, 3.8) is 0 Å². The van der Waals surface area contributed by atoms with Gasteiger partial charge in [-0.15, -0.1) is 0 Å². The summed E-state index contributed by atoms with van der Waals surface area (Å²) in [5, 5.41) is 2.75. The first-order valence-corrected chi connectivity index (χ1v) is 4.43. The molecule has 2 aromatic rings. The Kier molecular flexibility index (Phi) is 2.03. The zero-order valence-corrected chi connectivity index (χ0v) is 8.48. The molecule has 6 nitrogen and oxygen atoms in total. The van der Waals surface area contributed by atoms with Crippen molar-refractivity contribution < 1.29 is 0 Å². The van der Waals surface area contributed by atoms with Crippen LogP contribution in [-0.2, 0) is 7.05 Å². The van der Waals surface area contributed by atoms with Gasteiger partial charge in [-0.3, -0.25) is 9.48 Å². The molecule has 2 heterocycles. The molecule has 0 unspecified atom stereocenters. The third-order valence-electron chi connectivity index (χ3n) is 2.19. The van der Waals surface area contributed by atoms with Crippen LogP contribution in [0.15, 0.2) is 17.2 Å². The van der Waals surface area contributed by atoms with Crippen LogP contribution in [0.3, 0.4) is 0 Å². The number of nitrogens with two attached hydrogens (primary N) is 1. The Hall–Kier alpha value is -2.11. The van der Waals surface area contributed by atoms with Crippen molar-refractivity contribution in [3.05, 3.63) is 28.3 Å². The van der Waals surface area contributed by atoms with E-state index in [0.717, 1.165) is 5.56 Å². The fourth-order valence-electron chi connectivity index (χ4n) is 1.21. The van der Waals surface area contributed by atoms with Gasteiger partial charge in [-0.25, -0.2) is 9.97 Å². The highest BCUT2D eigenvalue weighted by atomic mass is 16.1. The molecule has 0 bridgehead atoms. The highest BCUT2D eigenvalue weighted by Gasteiger charge is 2.10. The summed E-state index contributed by atoms with van der Waals surface area (Å²) in [6, 6.07) is 0. The lowest BCUT2D eigenvalue weighted by Gasteiger charge is -1.99. The second-order valence-corrected chi connectivity index (χ2v) is 3.31. The molecule has 15 heavy (non-hydrogen) atoms. The number of aromatic nitrogens is 4. The summed E-state index contributed by atoms with van der Waals surface area (Å²) in [6.45, 7) is 1.81. The van der Waals surface area contributed by atoms with Crippen molar-refractivity contribution in [2.75, 3.05) is 5.73 Å². The highest BCUT2D eigenvalue weighted by Crippen LogP contribution is 2.12. The van der Waals surface area contributed by atoms with E-state index in [-0.39, 0.29) is 5.56 Å². The quantitative estimate of drug-likeness (QED) is 0.689. The van der Waals surface area contributed by atoms with Crippen LogP contribution in [0.1, 0.15) is 5.56 Å². The maximum Gasteiger partial charge on any atom is 0.277 e. The number of rotatable bonds is 1. The Morgan fingerprint density at radius 3 is 2.80 bits per heavy atom. The van der Waals surface area contributed by atoms with Gasteiger partial charge in [0.05, 0.1) is 0 Å². The van der Waals surface area contributed by atoms with Gasteiger partial charge < -0.3 is 10.8 Å². The van der Waals surface area contributed by atoms with E-state index in [9.17, 15) is 4.79 Å². The van der Waals surface area contributed by atoms with Gasteiger partial charge in [-0.05, 0) is 6.92 Å². The molecule has 0 saturated carbocycles. The number of nitrogen functional groups attached to an aromatic ring is 1. The summed E-state index contributed by atoms with van der Waals surface area (Å²) in [5.41, 5.74) is 6.69. The van der Waals surface area contributed by atoms with E-state index < -0.39 is 0 Å². The summed E-state index contributed by atoms with van der Waals surface area (Å²) < 4.78 is 1.36. The molecular weight excluding hydrogens is 194 g/mol. The van der Waals surface area contributed by atoms with Gasteiger partial charge in [0.25, 0.3) is 5.56 Å². The number of hydrogen-bond acceptors (Lipinski definition) is 4. The molecule has 0 spiro atoms. The Bertz CT molecular complexity index is 554. The molecule has 0 aliphatic heterocycles. The highest BCUT2D eigenvalue weighted by molar-refractivity contribution is 5.55. The molecule has 0 aliphatic carbocycles. The van der Waals surface area contributed by atoms with Crippen LogP contribution in [0.5, 0.6) is 0 Å². The van der Waals surface area contributed by atoms with Crippen molar-refractivity contribution in [2.24, 2.45) is 7.05 Å². The second-order valence-electron chi connectivity index (χ2n) is 3.31. The molecule has 6 heteroatoms. The van der Waals surface area contributed by atoms with Crippen LogP contribution in [0.2, 0.25) is 0 Å². The Labute approximate surface area is 85.8 Å². The van der Waals surface area contributed by atoms with Gasteiger partial charge in [0.2, 0.25) is 0 Å². The molecule has 0 fully saturated rings. The van der Waals surface area contributed by atoms with Crippen LogP contribution < -0.4 is 11.3 Å². The van der Waals surface area contributed by atoms with Crippen molar-refractivity contribution in [1.82, 2.24) is 19.7 Å². The van der Waals surface area contributed by atoms with E-state index in [1.807, 2.05) is 6.92 Å². The Morgan fingerprint density at radius 2 is 2.27 bits per heavy atom. The number of nitrogens with zero attached hydrogens (tertiary/aromatic N) is 3. The monoisotopic (exact) mass is 205 g/mol. The standard InChI is InChI=1S/C9H11N5O/c1-5-3-11-8(13-7(5)10)6-4-12-14(2)9(6)15/h3-4,12H,1-2H3,(H2,10,11,13). The Balaban J connectivity index is 2.60. The number of hydrogen-bond donors (Lipinski definition) is 2. The van der Waals surface area contributed by atoms with Gasteiger partial charge in [0.1, 0.15) is 11.4 Å². The SMILES string of the molecule is Cc1cnc(-c2c[nH]n(C)c2=O)nc1N. The van der Waals surface area contributed by atoms with Gasteiger partial charge >= 0.3 is 0 Å². The topological polar surface area (TPSA) is 89.6 Å². The van der Waals surface area contributed by atoms with E-state index in [2.05, 4.69) is 15.1 Å². The molecule has 3 N–H and O–H groups in total. The zero-order valence-electron chi connectivity index (χ0n) is 8.48. The third kappa shape index (κ3) is 1.50. The molecule has 2 rings (SSSR count). The molecule has 0 amide bonds. The average Bonchev–Trinajstić information content (AvgIpc) is 2.53. The lowest BCUT2D eigenvalue weighted by Crippen LogP contribution is -2.14. The minimum Gasteiger partial charge on any atom is -0.383 e. The first-order valence-electron chi connectivity index (χ1n) is 4.43. The number of aryl methyl sites for hydroxylation is 2. The second kappa shape index (κ2) is 3.23. The maximum atomic E-state index is 11.6. The molecule has 0 aromatic carbocycles. The van der Waals surface area contributed by atoms with E-state index in [0.29, 0.717) is 17.2 Å². The minimum absolute atomic E-state index is 0.168. The first kappa shape index (κ1) is 9.45. The zero-order chi connectivity index (χ0) is 11.0. The van der Waals surface area contributed by atoms with E-state index in [4.69, 9.17) is 5.73 Å². The lowest BCUT2D eigenvalue weighted by molar-refractivity contribution is 0.740. The van der Waals surface area contributed by atoms with Crippen molar-refractivity contribution in [2.45, 2.75) is 6.92 Å². The summed E-state index contributed by atoms with van der Waals surface area (Å²) in [7, 11) is 1.63. The molecule has 0 saturated heterocycles. The average molecular weight is 205 g/mol. The van der Waals surface area contributed by atoms with Crippen molar-refractivity contribution in [1.29, 1.82) is 0 Å². The van der Waals surface area contributed by atoms with E-state index >= 15 is 0 Å². The third-order valence-corrected chi connectivity index (χ3v) is 2.19. The van der Waals surface area contributed by atoms with Crippen LogP contribution in [0, 0.1) is 6.92 Å². The number of H-pyrrole nitrogens is 1. The van der Waals surface area contributed by atoms with Gasteiger partial charge in [0.15, 0.2) is 5.82 Å². The summed E-state index contributed by atoms with van der Waals surface area (Å²) in [5.74, 6) is 0.739. The van der Waals surface area contributed by atoms with Gasteiger partial charge in [0, 0.05) is 25.0 Å². The van der Waals surface area contributed by atoms with Crippen LogP contribution in [-0.4, -0.2) is 19.7 Å². The van der Waals surface area contributed by atoms with Gasteiger partial charge in [-0.2, -0.15) is 0 Å². The normalized spacial score (nSPS) is 10.5. The van der Waals surface area contributed by atoms with Crippen molar-refractivity contribution >= 4 is 5.82 Å². The molecule has 78 valence electrons. The van der Waals surface area contributed by atoms with Crippen molar-refractivity contribution in [3.8, 4) is 11.4 Å². The number of anilines is 1. The molecular formula is C9H11N5O. The Morgan fingerprint density at radius 1 is 1.53 bits per heavy atom. The lowest BCUT2D eigenvalue weighted by atomic mass is 10.3. The molecule has 2 aromatic heterocycles. The maximum absolute atomic E-state index is 11.6. The molecule has 0 atom stereocenters. The summed E-state index contributed by atoms with van der Waals surface area (Å²) >= 11 is 0. The van der Waals surface area contributed by atoms with Crippen LogP contribution in [0.25, 0.3) is 11.4 Å². The van der Waals surface area contributed by atoms with Gasteiger partial charge in [-0.1, -0.05) is 0 Å². The smallest absolute Gasteiger partial charge is 0.277 e. The predicted octanol–water partition coefficient (Wildman–Crippen LogP) is 0.0610. The minimum atomic E-state index is -0.168. The number of nitrogens with one attached hydrogen (secondary N) is 1. The first-order chi connectivity index (χ1) is 7.09. The fourth-order valence-corrected chi connectivity index (χ4v) is 1.21. The molecule has 0 radical (unpaired) electrons. The number of aromatic amines is 1. The predicted molar refractivity (Wildman–Crippen MR) is 56.2 cm³/mol. The van der Waals surface area contributed by atoms with E-state index in [1.165, 1.54) is 4.68 Å². The van der Waals surface area contributed by atoms with E-state index in [1.54, 1.807) is 19.4 Å². The summed E-state index contributed by atoms with van der Waals surface area (Å²) in [6.07, 6.45) is 3.16. The fraction of sp³-hybridized carbons (Fsp3) is 0.222. The summed E-state index contributed by atoms with van der Waals surface area (Å²) in [4.78, 5) is 19.7. The van der Waals surface area contributed by atoms with Crippen LogP contribution in [0.4, 0.5) is 5.82 Å². The molecule has 0 aliphatic rings. The largest absolute Gasteiger partial charge is 0.383 e. The van der Waals surface area contributed by atoms with Crippen LogP contribution >= 0.6 is 0 Å².